The number of amides is 1. The van der Waals surface area contributed by atoms with Crippen molar-refractivity contribution in [2.24, 2.45) is 0 Å². The molecule has 1 aromatic rings. The van der Waals surface area contributed by atoms with Gasteiger partial charge in [0, 0.05) is 38.2 Å². The Balaban J connectivity index is 1.85. The van der Waals surface area contributed by atoms with Crippen molar-refractivity contribution in [2.75, 3.05) is 25.6 Å². The molecule has 0 bridgehead atoms. The Morgan fingerprint density at radius 1 is 1.56 bits per heavy atom. The number of carbonyl (C=O) groups is 1. The zero-order valence-corrected chi connectivity index (χ0v) is 10.6. The van der Waals surface area contributed by atoms with Crippen LogP contribution in [0.4, 0.5) is 5.69 Å². The summed E-state index contributed by atoms with van der Waals surface area (Å²) >= 11 is 0. The first-order valence-corrected chi connectivity index (χ1v) is 6.29. The molecule has 5 heteroatoms. The number of rotatable bonds is 7. The van der Waals surface area contributed by atoms with Crippen molar-refractivity contribution in [3.05, 3.63) is 24.0 Å². The van der Waals surface area contributed by atoms with Gasteiger partial charge in [0.2, 0.25) is 0 Å². The molecular weight excluding hydrogens is 230 g/mol. The molecule has 1 heterocycles. The Hall–Kier alpha value is -1.62. The molecule has 0 saturated heterocycles. The van der Waals surface area contributed by atoms with Gasteiger partial charge in [0.05, 0.1) is 0 Å². The van der Waals surface area contributed by atoms with Crippen molar-refractivity contribution in [2.45, 2.75) is 25.3 Å². The quantitative estimate of drug-likeness (QED) is 0.717. The SMILES string of the molecule is COCCCNc1ccnc(C(=O)NC2CC2)c1. The van der Waals surface area contributed by atoms with Crippen molar-refractivity contribution < 1.29 is 9.53 Å². The second-order valence-corrected chi connectivity index (χ2v) is 4.45. The number of aromatic nitrogens is 1. The monoisotopic (exact) mass is 249 g/mol. The fraction of sp³-hybridized carbons (Fsp3) is 0.538. The van der Waals surface area contributed by atoms with Gasteiger partial charge in [-0.2, -0.15) is 0 Å². The summed E-state index contributed by atoms with van der Waals surface area (Å²) in [5.74, 6) is -0.0851. The van der Waals surface area contributed by atoms with Crippen LogP contribution in [-0.4, -0.2) is 37.2 Å². The smallest absolute Gasteiger partial charge is 0.270 e. The summed E-state index contributed by atoms with van der Waals surface area (Å²) in [6, 6.07) is 4.00. The van der Waals surface area contributed by atoms with Gasteiger partial charge >= 0.3 is 0 Å². The van der Waals surface area contributed by atoms with E-state index in [-0.39, 0.29) is 5.91 Å². The highest BCUT2D eigenvalue weighted by Gasteiger charge is 2.24. The zero-order valence-electron chi connectivity index (χ0n) is 10.6. The summed E-state index contributed by atoms with van der Waals surface area (Å²) in [6.07, 6.45) is 4.75. The largest absolute Gasteiger partial charge is 0.385 e. The summed E-state index contributed by atoms with van der Waals surface area (Å²) in [7, 11) is 1.69. The third kappa shape index (κ3) is 4.00. The number of pyridine rings is 1. The predicted molar refractivity (Wildman–Crippen MR) is 69.7 cm³/mol. The highest BCUT2D eigenvalue weighted by molar-refractivity contribution is 5.93. The number of nitrogens with zero attached hydrogens (tertiary/aromatic N) is 1. The van der Waals surface area contributed by atoms with E-state index in [4.69, 9.17) is 4.74 Å². The van der Waals surface area contributed by atoms with Crippen LogP contribution in [0.15, 0.2) is 18.3 Å². The summed E-state index contributed by atoms with van der Waals surface area (Å²) < 4.78 is 4.98. The van der Waals surface area contributed by atoms with Crippen LogP contribution < -0.4 is 10.6 Å². The minimum Gasteiger partial charge on any atom is -0.385 e. The third-order valence-corrected chi connectivity index (χ3v) is 2.76. The minimum atomic E-state index is -0.0851. The van der Waals surface area contributed by atoms with E-state index in [1.807, 2.05) is 6.07 Å². The maximum atomic E-state index is 11.8. The summed E-state index contributed by atoms with van der Waals surface area (Å²) in [6.45, 7) is 1.55. The van der Waals surface area contributed by atoms with Gasteiger partial charge in [-0.3, -0.25) is 9.78 Å². The van der Waals surface area contributed by atoms with Crippen LogP contribution in [0.25, 0.3) is 0 Å². The van der Waals surface area contributed by atoms with Crippen molar-refractivity contribution in [1.29, 1.82) is 0 Å². The van der Waals surface area contributed by atoms with Crippen LogP contribution >= 0.6 is 0 Å². The number of ether oxygens (including phenoxy) is 1. The van der Waals surface area contributed by atoms with Gasteiger partial charge in [0.25, 0.3) is 5.91 Å². The molecule has 0 radical (unpaired) electrons. The van der Waals surface area contributed by atoms with E-state index in [0.29, 0.717) is 11.7 Å². The van der Waals surface area contributed by atoms with Crippen LogP contribution in [0.1, 0.15) is 29.8 Å². The van der Waals surface area contributed by atoms with Gasteiger partial charge in [-0.15, -0.1) is 0 Å². The molecule has 1 aliphatic carbocycles. The molecule has 1 saturated carbocycles. The van der Waals surface area contributed by atoms with Crippen molar-refractivity contribution in [3.63, 3.8) is 0 Å². The zero-order chi connectivity index (χ0) is 12.8. The van der Waals surface area contributed by atoms with Gasteiger partial charge in [0.15, 0.2) is 0 Å². The van der Waals surface area contributed by atoms with E-state index < -0.39 is 0 Å². The highest BCUT2D eigenvalue weighted by atomic mass is 16.5. The molecule has 1 amide bonds. The topological polar surface area (TPSA) is 63.2 Å². The van der Waals surface area contributed by atoms with E-state index in [2.05, 4.69) is 15.6 Å². The molecule has 0 aliphatic heterocycles. The van der Waals surface area contributed by atoms with E-state index in [9.17, 15) is 4.79 Å². The van der Waals surface area contributed by atoms with Gasteiger partial charge < -0.3 is 15.4 Å². The second-order valence-electron chi connectivity index (χ2n) is 4.45. The molecule has 1 aromatic heterocycles. The van der Waals surface area contributed by atoms with E-state index >= 15 is 0 Å². The lowest BCUT2D eigenvalue weighted by molar-refractivity contribution is 0.0946. The third-order valence-electron chi connectivity index (χ3n) is 2.76. The first kappa shape index (κ1) is 12.8. The number of hydrogen-bond donors (Lipinski definition) is 2. The molecule has 0 spiro atoms. The summed E-state index contributed by atoms with van der Waals surface area (Å²) in [5.41, 5.74) is 1.39. The average molecular weight is 249 g/mol. The molecule has 0 aromatic carbocycles. The maximum Gasteiger partial charge on any atom is 0.270 e. The first-order valence-electron chi connectivity index (χ1n) is 6.29. The predicted octanol–water partition coefficient (Wildman–Crippen LogP) is 1.42. The van der Waals surface area contributed by atoms with Crippen LogP contribution in [-0.2, 0) is 4.74 Å². The summed E-state index contributed by atoms with van der Waals surface area (Å²) in [5, 5.41) is 6.17. The highest BCUT2D eigenvalue weighted by Crippen LogP contribution is 2.19. The Morgan fingerprint density at radius 3 is 3.11 bits per heavy atom. The number of hydrogen-bond acceptors (Lipinski definition) is 4. The molecular formula is C13H19N3O2. The van der Waals surface area contributed by atoms with Crippen LogP contribution in [0.2, 0.25) is 0 Å². The van der Waals surface area contributed by atoms with Gasteiger partial charge in [-0.1, -0.05) is 0 Å². The van der Waals surface area contributed by atoms with Gasteiger partial charge in [0.1, 0.15) is 5.69 Å². The van der Waals surface area contributed by atoms with E-state index in [1.54, 1.807) is 19.4 Å². The molecule has 2 rings (SSSR count). The Labute approximate surface area is 107 Å². The van der Waals surface area contributed by atoms with Crippen molar-refractivity contribution >= 4 is 11.6 Å². The number of carbonyl (C=O) groups excluding carboxylic acids is 1. The maximum absolute atomic E-state index is 11.8. The first-order chi connectivity index (χ1) is 8.79. The normalized spacial score (nSPS) is 14.3. The Morgan fingerprint density at radius 2 is 2.39 bits per heavy atom. The molecule has 0 atom stereocenters. The van der Waals surface area contributed by atoms with Gasteiger partial charge in [-0.25, -0.2) is 0 Å². The molecule has 1 fully saturated rings. The average Bonchev–Trinajstić information content (AvgIpc) is 3.19. The lowest BCUT2D eigenvalue weighted by Gasteiger charge is -2.07. The fourth-order valence-corrected chi connectivity index (χ4v) is 1.60. The second kappa shape index (κ2) is 6.35. The lowest BCUT2D eigenvalue weighted by atomic mass is 10.3. The minimum absolute atomic E-state index is 0.0851. The molecule has 1 aliphatic rings. The van der Waals surface area contributed by atoms with E-state index in [1.165, 1.54) is 0 Å². The van der Waals surface area contributed by atoms with Crippen LogP contribution in [0.3, 0.4) is 0 Å². The summed E-state index contributed by atoms with van der Waals surface area (Å²) in [4.78, 5) is 15.9. The molecule has 0 unspecified atom stereocenters. The fourth-order valence-electron chi connectivity index (χ4n) is 1.60. The standard InChI is InChI=1S/C13H19N3O2/c1-18-8-2-6-14-11-5-7-15-12(9-11)13(17)16-10-3-4-10/h5,7,9-10H,2-4,6,8H2,1H3,(H,14,15)(H,16,17). The number of methoxy groups -OCH3 is 1. The van der Waals surface area contributed by atoms with Crippen molar-refractivity contribution in [1.82, 2.24) is 10.3 Å². The van der Waals surface area contributed by atoms with Gasteiger partial charge in [-0.05, 0) is 31.4 Å². The molecule has 18 heavy (non-hydrogen) atoms. The molecule has 5 nitrogen and oxygen atoms in total. The Bertz CT molecular complexity index is 405. The Kier molecular flexibility index (Phi) is 4.52. The number of nitrogens with one attached hydrogen (secondary N) is 2. The van der Waals surface area contributed by atoms with Crippen molar-refractivity contribution in [3.8, 4) is 0 Å². The lowest BCUT2D eigenvalue weighted by Crippen LogP contribution is -2.26. The van der Waals surface area contributed by atoms with Crippen LogP contribution in [0, 0.1) is 0 Å². The molecule has 2 N–H and O–H groups in total. The van der Waals surface area contributed by atoms with Crippen LogP contribution in [0.5, 0.6) is 0 Å². The number of anilines is 1. The molecule has 98 valence electrons. The van der Waals surface area contributed by atoms with E-state index in [0.717, 1.165) is 38.1 Å².